The molecule has 0 N–H and O–H groups in total. The standard InChI is InChI=1S/C17H13F3N4O/c18-17(19,20)12-4-1-3-11(9-12)10-24-14-13(5-2-6-21-14)15(25)23-8-7-22-16(23)24/h1-6,9H,7-8,10H2. The van der Waals surface area contributed by atoms with E-state index in [1.807, 2.05) is 0 Å². The fraction of sp³-hybridized carbons (Fsp3) is 0.235. The van der Waals surface area contributed by atoms with Crippen LogP contribution in [0.25, 0.3) is 0 Å². The SMILES string of the molecule is O=C1c2cccnc2N(Cc2cccc(C(F)(F)F)c2)C2=NCCN12. The van der Waals surface area contributed by atoms with Gasteiger partial charge in [0.05, 0.1) is 24.2 Å². The average molecular weight is 346 g/mol. The van der Waals surface area contributed by atoms with E-state index >= 15 is 0 Å². The summed E-state index contributed by atoms with van der Waals surface area (Å²) in [5.74, 6) is 0.676. The zero-order chi connectivity index (χ0) is 17.6. The third-order valence-corrected chi connectivity index (χ3v) is 4.17. The van der Waals surface area contributed by atoms with E-state index in [1.165, 1.54) is 11.0 Å². The van der Waals surface area contributed by atoms with Gasteiger partial charge in [-0.15, -0.1) is 0 Å². The number of alkyl halides is 3. The van der Waals surface area contributed by atoms with Crippen LogP contribution in [-0.2, 0) is 12.7 Å². The van der Waals surface area contributed by atoms with E-state index in [2.05, 4.69) is 9.98 Å². The second-order valence-corrected chi connectivity index (χ2v) is 5.80. The Morgan fingerprint density at radius 1 is 1.16 bits per heavy atom. The van der Waals surface area contributed by atoms with Gasteiger partial charge in [0.15, 0.2) is 0 Å². The molecule has 5 nitrogen and oxygen atoms in total. The quantitative estimate of drug-likeness (QED) is 0.840. The van der Waals surface area contributed by atoms with Crippen molar-refractivity contribution >= 4 is 17.7 Å². The van der Waals surface area contributed by atoms with E-state index < -0.39 is 11.7 Å². The number of hydrogen-bond acceptors (Lipinski definition) is 4. The van der Waals surface area contributed by atoms with Gasteiger partial charge >= 0.3 is 6.18 Å². The molecule has 0 fully saturated rings. The minimum atomic E-state index is -4.40. The molecular formula is C17H13F3N4O. The van der Waals surface area contributed by atoms with Crippen LogP contribution in [0.5, 0.6) is 0 Å². The second-order valence-electron chi connectivity index (χ2n) is 5.80. The van der Waals surface area contributed by atoms with Crippen LogP contribution in [0.2, 0.25) is 0 Å². The Kier molecular flexibility index (Phi) is 3.48. The van der Waals surface area contributed by atoms with Gasteiger partial charge in [-0.2, -0.15) is 13.2 Å². The summed E-state index contributed by atoms with van der Waals surface area (Å²) in [6, 6.07) is 8.47. The molecule has 0 radical (unpaired) electrons. The first-order valence-electron chi connectivity index (χ1n) is 7.70. The van der Waals surface area contributed by atoms with E-state index in [0.717, 1.165) is 12.1 Å². The number of carbonyl (C=O) groups is 1. The monoisotopic (exact) mass is 346 g/mol. The molecule has 1 amide bonds. The number of nitrogens with zero attached hydrogens (tertiary/aromatic N) is 4. The number of carbonyl (C=O) groups excluding carboxylic acids is 1. The van der Waals surface area contributed by atoms with Crippen molar-refractivity contribution in [3.8, 4) is 0 Å². The number of amides is 1. The highest BCUT2D eigenvalue weighted by Crippen LogP contribution is 2.32. The Hall–Kier alpha value is -2.90. The summed E-state index contributed by atoms with van der Waals surface area (Å²) >= 11 is 0. The summed E-state index contributed by atoms with van der Waals surface area (Å²) < 4.78 is 38.8. The number of fused-ring (bicyclic) bond motifs is 2. The Balaban J connectivity index is 1.75. The average Bonchev–Trinajstić information content (AvgIpc) is 3.08. The van der Waals surface area contributed by atoms with Crippen molar-refractivity contribution in [3.63, 3.8) is 0 Å². The Labute approximate surface area is 141 Å². The lowest BCUT2D eigenvalue weighted by atomic mass is 10.1. The number of pyridine rings is 1. The van der Waals surface area contributed by atoms with Crippen molar-refractivity contribution in [2.75, 3.05) is 18.0 Å². The predicted molar refractivity (Wildman–Crippen MR) is 85.2 cm³/mol. The highest BCUT2D eigenvalue weighted by molar-refractivity contribution is 6.18. The number of guanidine groups is 1. The molecule has 0 spiro atoms. The zero-order valence-corrected chi connectivity index (χ0v) is 13.0. The molecule has 25 heavy (non-hydrogen) atoms. The van der Waals surface area contributed by atoms with Crippen LogP contribution < -0.4 is 4.90 Å². The fourth-order valence-electron chi connectivity index (χ4n) is 3.05. The molecule has 0 unspecified atom stereocenters. The van der Waals surface area contributed by atoms with Gasteiger partial charge < -0.3 is 0 Å². The Morgan fingerprint density at radius 2 is 2.00 bits per heavy atom. The van der Waals surface area contributed by atoms with Crippen LogP contribution in [0.1, 0.15) is 21.5 Å². The molecule has 2 aliphatic heterocycles. The molecule has 4 rings (SSSR count). The van der Waals surface area contributed by atoms with Crippen LogP contribution in [0.3, 0.4) is 0 Å². The van der Waals surface area contributed by atoms with Gasteiger partial charge in [0.25, 0.3) is 5.91 Å². The minimum Gasteiger partial charge on any atom is -0.291 e. The van der Waals surface area contributed by atoms with Crippen LogP contribution in [-0.4, -0.2) is 34.8 Å². The fourth-order valence-corrected chi connectivity index (χ4v) is 3.05. The molecule has 8 heteroatoms. The van der Waals surface area contributed by atoms with E-state index in [1.54, 1.807) is 29.3 Å². The number of aliphatic imine (C=N–C) groups is 1. The lowest BCUT2D eigenvalue weighted by Crippen LogP contribution is -2.50. The first-order valence-corrected chi connectivity index (χ1v) is 7.70. The Bertz CT molecular complexity index is 878. The molecule has 0 aliphatic carbocycles. The van der Waals surface area contributed by atoms with Crippen molar-refractivity contribution < 1.29 is 18.0 Å². The molecule has 3 heterocycles. The summed E-state index contributed by atoms with van der Waals surface area (Å²) in [6.07, 6.45) is -2.85. The zero-order valence-electron chi connectivity index (χ0n) is 13.0. The van der Waals surface area contributed by atoms with Gasteiger partial charge in [0.1, 0.15) is 5.82 Å². The molecule has 0 atom stereocenters. The molecule has 128 valence electrons. The highest BCUT2D eigenvalue weighted by Gasteiger charge is 2.38. The van der Waals surface area contributed by atoms with Crippen molar-refractivity contribution in [2.24, 2.45) is 4.99 Å². The van der Waals surface area contributed by atoms with E-state index in [9.17, 15) is 18.0 Å². The molecular weight excluding hydrogens is 333 g/mol. The van der Waals surface area contributed by atoms with E-state index in [-0.39, 0.29) is 12.5 Å². The highest BCUT2D eigenvalue weighted by atomic mass is 19.4. The van der Waals surface area contributed by atoms with E-state index in [4.69, 9.17) is 0 Å². The maximum atomic E-state index is 12.9. The molecule has 1 aromatic carbocycles. The largest absolute Gasteiger partial charge is 0.416 e. The summed E-state index contributed by atoms with van der Waals surface area (Å²) in [7, 11) is 0. The van der Waals surface area contributed by atoms with Crippen molar-refractivity contribution in [1.29, 1.82) is 0 Å². The van der Waals surface area contributed by atoms with Crippen LogP contribution in [0.15, 0.2) is 47.6 Å². The molecule has 0 saturated heterocycles. The maximum absolute atomic E-state index is 12.9. The predicted octanol–water partition coefficient (Wildman–Crippen LogP) is 2.93. The van der Waals surface area contributed by atoms with Crippen molar-refractivity contribution in [3.05, 3.63) is 59.3 Å². The number of rotatable bonds is 2. The normalized spacial score (nSPS) is 16.6. The van der Waals surface area contributed by atoms with Gasteiger partial charge in [-0.3, -0.25) is 19.6 Å². The summed E-state index contributed by atoms with van der Waals surface area (Å²) in [5.41, 5.74) is 0.190. The summed E-state index contributed by atoms with van der Waals surface area (Å²) in [6.45, 7) is 1.08. The van der Waals surface area contributed by atoms with Gasteiger partial charge in [-0.05, 0) is 29.8 Å². The molecule has 0 bridgehead atoms. The lowest BCUT2D eigenvalue weighted by molar-refractivity contribution is -0.137. The number of benzene rings is 1. The summed E-state index contributed by atoms with van der Waals surface area (Å²) in [5, 5.41) is 0. The second kappa shape index (κ2) is 5.58. The smallest absolute Gasteiger partial charge is 0.291 e. The van der Waals surface area contributed by atoms with Crippen LogP contribution in [0.4, 0.5) is 19.0 Å². The first kappa shape index (κ1) is 15.6. The number of halogens is 3. The van der Waals surface area contributed by atoms with Gasteiger partial charge in [0.2, 0.25) is 5.96 Å². The van der Waals surface area contributed by atoms with Crippen LogP contribution >= 0.6 is 0 Å². The van der Waals surface area contributed by atoms with Gasteiger partial charge in [-0.25, -0.2) is 4.98 Å². The van der Waals surface area contributed by atoms with Gasteiger partial charge in [0, 0.05) is 12.7 Å². The third kappa shape index (κ3) is 2.63. The Morgan fingerprint density at radius 3 is 2.80 bits per heavy atom. The number of anilines is 1. The maximum Gasteiger partial charge on any atom is 0.416 e. The van der Waals surface area contributed by atoms with Gasteiger partial charge in [-0.1, -0.05) is 12.1 Å². The third-order valence-electron chi connectivity index (χ3n) is 4.17. The molecule has 2 aromatic rings. The van der Waals surface area contributed by atoms with Crippen molar-refractivity contribution in [2.45, 2.75) is 12.7 Å². The number of aromatic nitrogens is 1. The number of hydrogen-bond donors (Lipinski definition) is 0. The minimum absolute atomic E-state index is 0.149. The molecule has 1 aromatic heterocycles. The van der Waals surface area contributed by atoms with E-state index in [0.29, 0.717) is 36.0 Å². The molecule has 0 saturated carbocycles. The summed E-state index contributed by atoms with van der Waals surface area (Å²) in [4.78, 5) is 24.3. The first-order chi connectivity index (χ1) is 11.9. The lowest BCUT2D eigenvalue weighted by Gasteiger charge is -2.35. The van der Waals surface area contributed by atoms with Crippen LogP contribution in [0, 0.1) is 0 Å². The van der Waals surface area contributed by atoms with Crippen molar-refractivity contribution in [1.82, 2.24) is 9.88 Å². The molecule has 2 aliphatic rings. The topological polar surface area (TPSA) is 48.8 Å².